The van der Waals surface area contributed by atoms with Gasteiger partial charge in [0, 0.05) is 11.0 Å². The number of anilines is 1. The SMILES string of the molecule is COc1ccc(/C=C/C(=O)NC(=S)Nc2sc3c(c2C(N)=O)CCCCCC3)cc1. The van der Waals surface area contributed by atoms with Gasteiger partial charge < -0.3 is 15.8 Å². The maximum absolute atomic E-state index is 12.2. The molecule has 1 aliphatic carbocycles. The van der Waals surface area contributed by atoms with Crippen molar-refractivity contribution in [2.75, 3.05) is 12.4 Å². The Balaban J connectivity index is 1.66. The number of nitrogens with two attached hydrogens (primary N) is 1. The molecule has 2 aromatic rings. The van der Waals surface area contributed by atoms with Gasteiger partial charge in [-0.2, -0.15) is 0 Å². The van der Waals surface area contributed by atoms with E-state index in [9.17, 15) is 9.59 Å². The first-order valence-corrected chi connectivity index (χ1v) is 11.1. The molecule has 1 aromatic carbocycles. The van der Waals surface area contributed by atoms with Crippen LogP contribution in [-0.2, 0) is 17.6 Å². The zero-order valence-electron chi connectivity index (χ0n) is 16.8. The molecule has 8 heteroatoms. The number of carbonyl (C=O) groups is 2. The molecule has 6 nitrogen and oxygen atoms in total. The largest absolute Gasteiger partial charge is 0.497 e. The quantitative estimate of drug-likeness (QED) is 0.479. The Morgan fingerprint density at radius 2 is 1.83 bits per heavy atom. The molecule has 30 heavy (non-hydrogen) atoms. The van der Waals surface area contributed by atoms with Crippen LogP contribution in [0.3, 0.4) is 0 Å². The van der Waals surface area contributed by atoms with Crippen molar-refractivity contribution in [3.8, 4) is 5.75 Å². The second-order valence-corrected chi connectivity index (χ2v) is 8.55. The fourth-order valence-electron chi connectivity index (χ4n) is 3.44. The third-order valence-corrected chi connectivity index (χ3v) is 6.34. The van der Waals surface area contributed by atoms with Crippen molar-refractivity contribution in [2.24, 2.45) is 5.73 Å². The van der Waals surface area contributed by atoms with Gasteiger partial charge in [0.05, 0.1) is 12.7 Å². The highest BCUT2D eigenvalue weighted by molar-refractivity contribution is 7.80. The predicted octanol–water partition coefficient (Wildman–Crippen LogP) is 4.04. The lowest BCUT2D eigenvalue weighted by atomic mass is 9.96. The van der Waals surface area contributed by atoms with Gasteiger partial charge in [0.25, 0.3) is 5.91 Å². The van der Waals surface area contributed by atoms with Gasteiger partial charge in [0.1, 0.15) is 10.8 Å². The smallest absolute Gasteiger partial charge is 0.251 e. The van der Waals surface area contributed by atoms with Crippen LogP contribution in [0.25, 0.3) is 6.08 Å². The van der Waals surface area contributed by atoms with Crippen molar-refractivity contribution in [1.82, 2.24) is 5.32 Å². The first kappa shape index (κ1) is 22.0. The number of hydrogen-bond acceptors (Lipinski definition) is 5. The van der Waals surface area contributed by atoms with Crippen molar-refractivity contribution in [3.05, 3.63) is 51.9 Å². The van der Waals surface area contributed by atoms with Gasteiger partial charge in [-0.25, -0.2) is 0 Å². The zero-order valence-corrected chi connectivity index (χ0v) is 18.5. The number of amides is 2. The van der Waals surface area contributed by atoms with Crippen LogP contribution in [0, 0.1) is 0 Å². The number of hydrogen-bond donors (Lipinski definition) is 3. The van der Waals surface area contributed by atoms with Crippen LogP contribution in [0.5, 0.6) is 5.75 Å². The Bertz CT molecular complexity index is 965. The molecule has 0 bridgehead atoms. The Kier molecular flexibility index (Phi) is 7.59. The summed E-state index contributed by atoms with van der Waals surface area (Å²) in [7, 11) is 1.60. The minimum atomic E-state index is -0.468. The third-order valence-electron chi connectivity index (χ3n) is 4.92. The van der Waals surface area contributed by atoms with Crippen molar-refractivity contribution < 1.29 is 14.3 Å². The average molecular weight is 444 g/mol. The highest BCUT2D eigenvalue weighted by Crippen LogP contribution is 2.36. The van der Waals surface area contributed by atoms with Gasteiger partial charge in [-0.1, -0.05) is 25.0 Å². The summed E-state index contributed by atoms with van der Waals surface area (Å²) in [6.07, 6.45) is 9.36. The van der Waals surface area contributed by atoms with E-state index >= 15 is 0 Å². The summed E-state index contributed by atoms with van der Waals surface area (Å²) in [5, 5.41) is 6.36. The molecule has 0 saturated heterocycles. The summed E-state index contributed by atoms with van der Waals surface area (Å²) in [4.78, 5) is 25.5. The first-order chi connectivity index (χ1) is 14.5. The molecule has 158 valence electrons. The Labute approximate surface area is 185 Å². The number of ether oxygens (including phenoxy) is 1. The zero-order chi connectivity index (χ0) is 21.5. The molecule has 1 heterocycles. The number of thiophene rings is 1. The number of benzene rings is 1. The lowest BCUT2D eigenvalue weighted by molar-refractivity contribution is -0.115. The third kappa shape index (κ3) is 5.67. The Morgan fingerprint density at radius 3 is 2.50 bits per heavy atom. The molecule has 0 fully saturated rings. The Morgan fingerprint density at radius 1 is 1.13 bits per heavy atom. The number of fused-ring (bicyclic) bond motifs is 1. The minimum Gasteiger partial charge on any atom is -0.497 e. The molecule has 0 aliphatic heterocycles. The molecule has 0 unspecified atom stereocenters. The summed E-state index contributed by atoms with van der Waals surface area (Å²) in [6, 6.07) is 7.33. The first-order valence-electron chi connectivity index (χ1n) is 9.86. The fourth-order valence-corrected chi connectivity index (χ4v) is 5.01. The second-order valence-electron chi connectivity index (χ2n) is 7.04. The minimum absolute atomic E-state index is 0.135. The second kappa shape index (κ2) is 10.4. The van der Waals surface area contributed by atoms with Crippen molar-refractivity contribution in [1.29, 1.82) is 0 Å². The number of methoxy groups -OCH3 is 1. The van der Waals surface area contributed by atoms with Crippen LogP contribution in [0.15, 0.2) is 30.3 Å². The van der Waals surface area contributed by atoms with E-state index in [-0.39, 0.29) is 11.0 Å². The maximum atomic E-state index is 12.2. The van der Waals surface area contributed by atoms with Crippen LogP contribution in [0.1, 0.15) is 52.0 Å². The van der Waals surface area contributed by atoms with E-state index in [4.69, 9.17) is 22.7 Å². The Hall–Kier alpha value is -2.71. The lowest BCUT2D eigenvalue weighted by Crippen LogP contribution is -2.33. The predicted molar refractivity (Wildman–Crippen MR) is 125 cm³/mol. The van der Waals surface area contributed by atoms with Gasteiger partial charge in [-0.15, -0.1) is 11.3 Å². The molecule has 0 radical (unpaired) electrons. The van der Waals surface area contributed by atoms with Crippen molar-refractivity contribution in [3.63, 3.8) is 0 Å². The number of carbonyl (C=O) groups excluding carboxylic acids is 2. The molecule has 0 saturated carbocycles. The topological polar surface area (TPSA) is 93.4 Å². The summed E-state index contributed by atoms with van der Waals surface area (Å²) in [5.41, 5.74) is 8.05. The average Bonchev–Trinajstić information content (AvgIpc) is 3.02. The van der Waals surface area contributed by atoms with Crippen LogP contribution in [0.4, 0.5) is 5.00 Å². The van der Waals surface area contributed by atoms with E-state index in [1.165, 1.54) is 28.7 Å². The molecule has 0 spiro atoms. The highest BCUT2D eigenvalue weighted by atomic mass is 32.1. The number of thiocarbonyl (C=S) groups is 1. The number of rotatable bonds is 5. The number of aryl methyl sites for hydroxylation is 1. The number of nitrogens with one attached hydrogen (secondary N) is 2. The van der Waals surface area contributed by atoms with E-state index in [0.717, 1.165) is 49.0 Å². The van der Waals surface area contributed by atoms with Gasteiger partial charge in [-0.3, -0.25) is 14.9 Å². The molecule has 1 aromatic heterocycles. The van der Waals surface area contributed by atoms with E-state index < -0.39 is 5.91 Å². The van der Waals surface area contributed by atoms with E-state index in [1.807, 2.05) is 24.3 Å². The molecular weight excluding hydrogens is 418 g/mol. The van der Waals surface area contributed by atoms with Gasteiger partial charge in [0.2, 0.25) is 5.91 Å². The lowest BCUT2D eigenvalue weighted by Gasteiger charge is -2.10. The summed E-state index contributed by atoms with van der Waals surface area (Å²) in [6.45, 7) is 0. The standard InChI is InChI=1S/C22H25N3O3S2/c1-28-15-11-8-14(9-12-15)10-13-18(26)24-22(29)25-21-19(20(23)27)16-6-4-2-3-5-7-17(16)30-21/h8-13H,2-7H2,1H3,(H2,23,27)(H2,24,25,26,29)/b13-10+. The maximum Gasteiger partial charge on any atom is 0.251 e. The fraction of sp³-hybridized carbons (Fsp3) is 0.318. The van der Waals surface area contributed by atoms with Gasteiger partial charge in [-0.05, 0) is 67.2 Å². The van der Waals surface area contributed by atoms with Gasteiger partial charge >= 0.3 is 0 Å². The molecule has 1 aliphatic rings. The van der Waals surface area contributed by atoms with E-state index in [1.54, 1.807) is 13.2 Å². The van der Waals surface area contributed by atoms with Crippen LogP contribution < -0.4 is 21.1 Å². The van der Waals surface area contributed by atoms with E-state index in [2.05, 4.69) is 10.6 Å². The normalized spacial score (nSPS) is 13.8. The van der Waals surface area contributed by atoms with Crippen LogP contribution >= 0.6 is 23.6 Å². The summed E-state index contributed by atoms with van der Waals surface area (Å²) < 4.78 is 5.11. The monoisotopic (exact) mass is 443 g/mol. The molecule has 0 atom stereocenters. The van der Waals surface area contributed by atoms with E-state index in [0.29, 0.717) is 10.6 Å². The molecule has 3 rings (SSSR count). The van der Waals surface area contributed by atoms with Crippen LogP contribution in [-0.4, -0.2) is 24.0 Å². The van der Waals surface area contributed by atoms with Crippen LogP contribution in [0.2, 0.25) is 0 Å². The molecule has 2 amide bonds. The molecular formula is C22H25N3O3S2. The van der Waals surface area contributed by atoms with Crippen molar-refractivity contribution in [2.45, 2.75) is 38.5 Å². The van der Waals surface area contributed by atoms with Gasteiger partial charge in [0.15, 0.2) is 5.11 Å². The molecule has 4 N–H and O–H groups in total. The van der Waals surface area contributed by atoms with Crippen molar-refractivity contribution >= 4 is 51.6 Å². The summed E-state index contributed by atoms with van der Waals surface area (Å²) in [5.74, 6) is -0.0831. The highest BCUT2D eigenvalue weighted by Gasteiger charge is 2.23. The number of primary amides is 1. The summed E-state index contributed by atoms with van der Waals surface area (Å²) >= 11 is 6.78.